The highest BCUT2D eigenvalue weighted by atomic mass is 16.1. The van der Waals surface area contributed by atoms with Gasteiger partial charge in [-0.1, -0.05) is 6.58 Å². The normalized spacial score (nSPS) is 26.0. The molecule has 1 aliphatic rings. The molecule has 1 heterocycles. The van der Waals surface area contributed by atoms with Crippen LogP contribution in [0.2, 0.25) is 0 Å². The second-order valence-corrected chi connectivity index (χ2v) is 2.26. The molecule has 2 heteroatoms. The summed E-state index contributed by atoms with van der Waals surface area (Å²) in [5.41, 5.74) is 0. The molecule has 1 atom stereocenters. The van der Waals surface area contributed by atoms with E-state index < -0.39 is 0 Å². The van der Waals surface area contributed by atoms with Gasteiger partial charge in [0.15, 0.2) is 5.78 Å². The first-order valence-electron chi connectivity index (χ1n) is 3.24. The minimum Gasteiger partial charge on any atom is -0.307 e. The standard InChI is InChI=1S/C7H11NO/c1-2-7(9)6-4-3-5-8-6/h2,6,8H,1,3-5H2/t6-/m0/s1. The van der Waals surface area contributed by atoms with Gasteiger partial charge < -0.3 is 5.32 Å². The molecule has 1 fully saturated rings. The number of rotatable bonds is 2. The maximum atomic E-state index is 10.8. The lowest BCUT2D eigenvalue weighted by Crippen LogP contribution is -2.28. The van der Waals surface area contributed by atoms with Gasteiger partial charge in [-0.2, -0.15) is 0 Å². The fourth-order valence-corrected chi connectivity index (χ4v) is 1.07. The summed E-state index contributed by atoms with van der Waals surface area (Å²) in [6.45, 7) is 4.39. The minimum atomic E-state index is 0.0718. The van der Waals surface area contributed by atoms with E-state index in [2.05, 4.69) is 11.9 Å². The Morgan fingerprint density at radius 1 is 1.78 bits per heavy atom. The Kier molecular flexibility index (Phi) is 2.01. The number of carbonyl (C=O) groups excluding carboxylic acids is 1. The van der Waals surface area contributed by atoms with Crippen molar-refractivity contribution in [2.45, 2.75) is 18.9 Å². The third-order valence-corrected chi connectivity index (χ3v) is 1.60. The zero-order valence-corrected chi connectivity index (χ0v) is 5.39. The van der Waals surface area contributed by atoms with E-state index in [1.807, 2.05) is 0 Å². The maximum Gasteiger partial charge on any atom is 0.171 e. The fourth-order valence-electron chi connectivity index (χ4n) is 1.07. The molecule has 9 heavy (non-hydrogen) atoms. The van der Waals surface area contributed by atoms with Gasteiger partial charge in [-0.05, 0) is 25.5 Å². The lowest BCUT2D eigenvalue weighted by atomic mass is 10.1. The summed E-state index contributed by atoms with van der Waals surface area (Å²) in [7, 11) is 0. The van der Waals surface area contributed by atoms with Gasteiger partial charge in [-0.25, -0.2) is 0 Å². The van der Waals surface area contributed by atoms with Gasteiger partial charge in [-0.3, -0.25) is 4.79 Å². The molecule has 0 aromatic rings. The van der Waals surface area contributed by atoms with Crippen molar-refractivity contribution in [3.05, 3.63) is 12.7 Å². The molecule has 0 spiro atoms. The predicted molar refractivity (Wildman–Crippen MR) is 36.2 cm³/mol. The van der Waals surface area contributed by atoms with E-state index in [1.165, 1.54) is 6.08 Å². The van der Waals surface area contributed by atoms with Crippen LogP contribution in [0.4, 0.5) is 0 Å². The maximum absolute atomic E-state index is 10.8. The highest BCUT2D eigenvalue weighted by Crippen LogP contribution is 2.05. The first-order chi connectivity index (χ1) is 4.34. The van der Waals surface area contributed by atoms with Crippen LogP contribution >= 0.6 is 0 Å². The van der Waals surface area contributed by atoms with Crippen molar-refractivity contribution in [2.24, 2.45) is 0 Å². The summed E-state index contributed by atoms with van der Waals surface area (Å²) in [5, 5.41) is 3.09. The molecule has 0 bridgehead atoms. The molecule has 1 rings (SSSR count). The number of hydrogen-bond donors (Lipinski definition) is 1. The van der Waals surface area contributed by atoms with Crippen molar-refractivity contribution < 1.29 is 4.79 Å². The van der Waals surface area contributed by atoms with Crippen molar-refractivity contribution in [3.8, 4) is 0 Å². The first kappa shape index (κ1) is 6.49. The largest absolute Gasteiger partial charge is 0.307 e. The van der Waals surface area contributed by atoms with E-state index in [-0.39, 0.29) is 11.8 Å². The van der Waals surface area contributed by atoms with Crippen LogP contribution in [0.1, 0.15) is 12.8 Å². The second kappa shape index (κ2) is 2.78. The van der Waals surface area contributed by atoms with Crippen LogP contribution in [0.25, 0.3) is 0 Å². The molecular formula is C7H11NO. The van der Waals surface area contributed by atoms with Crippen molar-refractivity contribution in [1.82, 2.24) is 5.32 Å². The third kappa shape index (κ3) is 1.39. The molecule has 1 N–H and O–H groups in total. The van der Waals surface area contributed by atoms with Crippen LogP contribution < -0.4 is 5.32 Å². The molecule has 0 aromatic heterocycles. The molecule has 0 saturated carbocycles. The van der Waals surface area contributed by atoms with Crippen LogP contribution in [0, 0.1) is 0 Å². The van der Waals surface area contributed by atoms with Gasteiger partial charge in [0.25, 0.3) is 0 Å². The number of ketones is 1. The Labute approximate surface area is 54.9 Å². The molecular weight excluding hydrogens is 114 g/mol. The summed E-state index contributed by atoms with van der Waals surface area (Å²) in [4.78, 5) is 10.8. The Morgan fingerprint density at radius 2 is 2.56 bits per heavy atom. The van der Waals surface area contributed by atoms with Crippen molar-refractivity contribution in [1.29, 1.82) is 0 Å². The molecule has 0 radical (unpaired) electrons. The van der Waals surface area contributed by atoms with Gasteiger partial charge in [0, 0.05) is 0 Å². The molecule has 1 saturated heterocycles. The Morgan fingerprint density at radius 3 is 3.00 bits per heavy atom. The molecule has 2 nitrogen and oxygen atoms in total. The van der Waals surface area contributed by atoms with E-state index in [1.54, 1.807) is 0 Å². The second-order valence-electron chi connectivity index (χ2n) is 2.26. The quantitative estimate of drug-likeness (QED) is 0.544. The van der Waals surface area contributed by atoms with Crippen molar-refractivity contribution in [2.75, 3.05) is 6.54 Å². The van der Waals surface area contributed by atoms with Crippen molar-refractivity contribution in [3.63, 3.8) is 0 Å². The van der Waals surface area contributed by atoms with Gasteiger partial charge in [0.2, 0.25) is 0 Å². The highest BCUT2D eigenvalue weighted by Gasteiger charge is 2.18. The fraction of sp³-hybridized carbons (Fsp3) is 0.571. The molecule has 50 valence electrons. The minimum absolute atomic E-state index is 0.0718. The molecule has 1 aliphatic heterocycles. The highest BCUT2D eigenvalue weighted by molar-refractivity contribution is 5.93. The monoisotopic (exact) mass is 125 g/mol. The van der Waals surface area contributed by atoms with E-state index in [4.69, 9.17) is 0 Å². The Balaban J connectivity index is 2.41. The predicted octanol–water partition coefficient (Wildman–Crippen LogP) is 0.493. The van der Waals surface area contributed by atoms with E-state index >= 15 is 0 Å². The number of carbonyl (C=O) groups is 1. The smallest absolute Gasteiger partial charge is 0.171 e. The molecule has 0 amide bonds. The van der Waals surface area contributed by atoms with Crippen LogP contribution in [0.15, 0.2) is 12.7 Å². The summed E-state index contributed by atoms with van der Waals surface area (Å²) in [6, 6.07) is 0.0718. The Hall–Kier alpha value is -0.630. The third-order valence-electron chi connectivity index (χ3n) is 1.60. The summed E-state index contributed by atoms with van der Waals surface area (Å²) >= 11 is 0. The van der Waals surface area contributed by atoms with E-state index in [0.717, 1.165) is 19.4 Å². The SMILES string of the molecule is C=CC(=O)[C@@H]1CCCN1. The van der Waals surface area contributed by atoms with Crippen LogP contribution in [-0.4, -0.2) is 18.4 Å². The van der Waals surface area contributed by atoms with Gasteiger partial charge in [0.1, 0.15) is 0 Å². The van der Waals surface area contributed by atoms with Gasteiger partial charge >= 0.3 is 0 Å². The Bertz CT molecular complexity index is 125. The van der Waals surface area contributed by atoms with E-state index in [9.17, 15) is 4.79 Å². The average Bonchev–Trinajstić information content (AvgIpc) is 2.37. The van der Waals surface area contributed by atoms with Crippen molar-refractivity contribution >= 4 is 5.78 Å². The van der Waals surface area contributed by atoms with Crippen LogP contribution in [-0.2, 0) is 4.79 Å². The van der Waals surface area contributed by atoms with E-state index in [0.29, 0.717) is 0 Å². The molecule has 0 aromatic carbocycles. The summed E-state index contributed by atoms with van der Waals surface area (Å²) in [5.74, 6) is 0.132. The summed E-state index contributed by atoms with van der Waals surface area (Å²) in [6.07, 6.45) is 3.48. The lowest BCUT2D eigenvalue weighted by molar-refractivity contribution is -0.116. The molecule has 0 unspecified atom stereocenters. The van der Waals surface area contributed by atoms with Gasteiger partial charge in [-0.15, -0.1) is 0 Å². The average molecular weight is 125 g/mol. The van der Waals surface area contributed by atoms with Gasteiger partial charge in [0.05, 0.1) is 6.04 Å². The van der Waals surface area contributed by atoms with Crippen LogP contribution in [0.5, 0.6) is 0 Å². The van der Waals surface area contributed by atoms with Crippen LogP contribution in [0.3, 0.4) is 0 Å². The lowest BCUT2D eigenvalue weighted by Gasteiger charge is -2.02. The zero-order valence-electron chi connectivity index (χ0n) is 5.39. The topological polar surface area (TPSA) is 29.1 Å². The molecule has 0 aliphatic carbocycles. The zero-order chi connectivity index (χ0) is 6.69. The number of nitrogens with one attached hydrogen (secondary N) is 1. The first-order valence-corrected chi connectivity index (χ1v) is 3.24. The number of hydrogen-bond acceptors (Lipinski definition) is 2. The summed E-state index contributed by atoms with van der Waals surface area (Å²) < 4.78 is 0.